The van der Waals surface area contributed by atoms with Crippen molar-refractivity contribution in [1.29, 1.82) is 0 Å². The number of carbonyl (C=O) groups is 2. The Balaban J connectivity index is 0.000000173. The van der Waals surface area contributed by atoms with Gasteiger partial charge in [0.1, 0.15) is 24.8 Å². The first-order valence-electron chi connectivity index (χ1n) is 20.4. The number of thiol groups is 1. The summed E-state index contributed by atoms with van der Waals surface area (Å²) >= 11 is 12.3. The van der Waals surface area contributed by atoms with Crippen molar-refractivity contribution in [3.63, 3.8) is 0 Å². The van der Waals surface area contributed by atoms with Crippen molar-refractivity contribution in [2.75, 3.05) is 11.5 Å². The minimum Gasteiger partial charge on any atom is -0.458 e. The van der Waals surface area contributed by atoms with Crippen LogP contribution in [0.1, 0.15) is 89.8 Å². The monoisotopic (exact) mass is 930 g/mol. The zero-order valence-electron chi connectivity index (χ0n) is 34.7. The molecule has 64 heavy (non-hydrogen) atoms. The smallest absolute Gasteiger partial charge is 0.343 e. The summed E-state index contributed by atoms with van der Waals surface area (Å²) in [4.78, 5) is 60.6. The lowest BCUT2D eigenvalue weighted by Crippen LogP contribution is -2.44. The van der Waals surface area contributed by atoms with E-state index in [0.717, 1.165) is 44.5 Å². The van der Waals surface area contributed by atoms with Crippen LogP contribution in [-0.4, -0.2) is 52.8 Å². The summed E-state index contributed by atoms with van der Waals surface area (Å²) in [6, 6.07) is 9.63. The lowest BCUT2D eigenvalue weighted by molar-refractivity contribution is -0.172. The molecule has 0 fully saturated rings. The molecule has 2 N–H and O–H groups in total. The van der Waals surface area contributed by atoms with E-state index in [2.05, 4.69) is 17.6 Å². The number of cyclic esters (lactones) is 2. The van der Waals surface area contributed by atoms with Gasteiger partial charge in [0.05, 0.1) is 58.0 Å². The first-order valence-corrected chi connectivity index (χ1v) is 22.7. The lowest BCUT2D eigenvalue weighted by Gasteiger charge is -2.31. The van der Waals surface area contributed by atoms with E-state index in [1.165, 1.54) is 12.1 Å². The van der Waals surface area contributed by atoms with Gasteiger partial charge in [0, 0.05) is 62.5 Å². The molecule has 0 spiro atoms. The van der Waals surface area contributed by atoms with Crippen molar-refractivity contribution in [3.05, 3.63) is 124 Å². The molecule has 0 amide bonds. The molecule has 2 atom stereocenters. The molecular formula is C47H45ClF2N4O8S2. The maximum Gasteiger partial charge on any atom is 0.343 e. The predicted octanol–water partition coefficient (Wildman–Crippen LogP) is 7.59. The van der Waals surface area contributed by atoms with Crippen molar-refractivity contribution in [2.24, 2.45) is 0 Å². The molecule has 0 radical (unpaired) electrons. The number of aliphatic hydroxyl groups is 2. The van der Waals surface area contributed by atoms with Gasteiger partial charge in [0.25, 0.3) is 11.1 Å². The van der Waals surface area contributed by atoms with Gasteiger partial charge in [-0.1, -0.05) is 21.3 Å². The van der Waals surface area contributed by atoms with E-state index in [1.807, 2.05) is 6.07 Å². The molecule has 0 bridgehead atoms. The number of fused-ring (bicyclic) bond motifs is 10. The summed E-state index contributed by atoms with van der Waals surface area (Å²) in [5, 5.41) is 23.6. The fourth-order valence-corrected chi connectivity index (χ4v) is 10.6. The molecular weight excluding hydrogens is 886 g/mol. The molecule has 2 aromatic carbocycles. The highest BCUT2D eigenvalue weighted by Crippen LogP contribution is 2.43. The summed E-state index contributed by atoms with van der Waals surface area (Å²) in [6.45, 7) is 6.95. The van der Waals surface area contributed by atoms with Gasteiger partial charge in [0.15, 0.2) is 11.2 Å². The third-order valence-corrected chi connectivity index (χ3v) is 14.6. The number of hydrogen-bond acceptors (Lipinski definition) is 12. The summed E-state index contributed by atoms with van der Waals surface area (Å²) in [5.74, 6) is 0.197. The molecule has 0 unspecified atom stereocenters. The second-order valence-electron chi connectivity index (χ2n) is 16.2. The summed E-state index contributed by atoms with van der Waals surface area (Å²) < 4.78 is 42.0. The van der Waals surface area contributed by atoms with Crippen LogP contribution in [-0.2, 0) is 68.2 Å². The third-order valence-electron chi connectivity index (χ3n) is 12.8. The minimum atomic E-state index is -1.89. The van der Waals surface area contributed by atoms with Gasteiger partial charge in [-0.25, -0.2) is 28.3 Å². The molecule has 334 valence electrons. The lowest BCUT2D eigenvalue weighted by atomic mass is 9.86. The number of benzene rings is 2. The fourth-order valence-electron chi connectivity index (χ4n) is 9.14. The van der Waals surface area contributed by atoms with Gasteiger partial charge in [-0.05, 0) is 79.0 Å². The number of nitrogens with zero attached hydrogens (tertiary/aromatic N) is 4. The average molecular weight is 931 g/mol. The Morgan fingerprint density at radius 1 is 0.734 bits per heavy atom. The van der Waals surface area contributed by atoms with E-state index in [4.69, 9.17) is 26.1 Å². The van der Waals surface area contributed by atoms with Crippen LogP contribution in [0.4, 0.5) is 8.78 Å². The highest BCUT2D eigenvalue weighted by Gasteiger charge is 2.47. The molecule has 0 saturated carbocycles. The van der Waals surface area contributed by atoms with E-state index < -0.39 is 23.1 Å². The standard InChI is InChI=1S/C24H23FN2O4S2.C22H18ClFN2O4.CH4/c1-3-24(30)17-7-20-21-14(9-27(20)22(28)15(17)10-31-23(24)29)16(11-33-5-4-32)13-6-12(2)18(25)8-19(13)26-21;1-3-22(29)15-5-18-19-13(8-26(18)20(27)14(15)9-30-21(22)28)12(7-23)11-4-10(2)16(24)6-17(11)25-19;/h6-8,30,32H,3-5,9-11H2,1-2H3;4-6,29H,3,7-9H2,1-2H3;1H4/t24-;22-;/m00./s1. The Morgan fingerprint density at radius 3 is 1.59 bits per heavy atom. The van der Waals surface area contributed by atoms with E-state index in [-0.39, 0.29) is 90.9 Å². The van der Waals surface area contributed by atoms with Gasteiger partial charge < -0.3 is 28.8 Å². The number of alkyl halides is 1. The number of aromatic nitrogens is 4. The number of rotatable bonds is 7. The van der Waals surface area contributed by atoms with Gasteiger partial charge in [-0.15, -0.1) is 11.6 Å². The quantitative estimate of drug-likeness (QED) is 0.0625. The van der Waals surface area contributed by atoms with Crippen LogP contribution in [0, 0.1) is 25.5 Å². The zero-order chi connectivity index (χ0) is 44.9. The molecule has 4 aliphatic heterocycles. The van der Waals surface area contributed by atoms with Crippen LogP contribution in [0.5, 0.6) is 0 Å². The normalized spacial score (nSPS) is 18.8. The van der Waals surface area contributed by atoms with Crippen molar-refractivity contribution in [2.45, 2.75) is 97.1 Å². The SMILES string of the molecule is C.CC[C@@]1(O)C(=O)OCc2c1cc1n(c2=O)Cc2c-1nc1cc(F)c(C)cc1c2CCl.CC[C@@]1(O)C(=O)OCc2c1cc1n(c2=O)Cc2c-1nc1cc(F)c(C)cc1c2CSCCS. The van der Waals surface area contributed by atoms with Gasteiger partial charge >= 0.3 is 11.9 Å². The molecule has 12 nitrogen and oxygen atoms in total. The van der Waals surface area contributed by atoms with Crippen molar-refractivity contribution < 1.29 is 38.1 Å². The average Bonchev–Trinajstić information content (AvgIpc) is 3.83. The number of esters is 2. The maximum absolute atomic E-state index is 14.4. The second-order valence-corrected chi connectivity index (χ2v) is 18.0. The number of halogens is 3. The molecule has 6 aromatic rings. The fraction of sp³-hybridized carbons (Fsp3) is 0.362. The van der Waals surface area contributed by atoms with Crippen LogP contribution in [0.25, 0.3) is 44.6 Å². The Bertz CT molecular complexity index is 3140. The summed E-state index contributed by atoms with van der Waals surface area (Å²) in [6.07, 6.45) is 0.146. The number of ether oxygens (including phenoxy) is 2. The van der Waals surface area contributed by atoms with E-state index in [1.54, 1.807) is 66.8 Å². The highest BCUT2D eigenvalue weighted by atomic mass is 35.5. The third kappa shape index (κ3) is 6.77. The number of carbonyl (C=O) groups excluding carboxylic acids is 2. The molecule has 4 aliphatic rings. The molecule has 0 saturated heterocycles. The molecule has 0 aliphatic carbocycles. The summed E-state index contributed by atoms with van der Waals surface area (Å²) in [5.41, 5.74) is 4.24. The van der Waals surface area contributed by atoms with E-state index >= 15 is 0 Å². The van der Waals surface area contributed by atoms with Crippen molar-refractivity contribution >= 4 is 69.7 Å². The minimum absolute atomic E-state index is 0. The van der Waals surface area contributed by atoms with Crippen LogP contribution < -0.4 is 11.1 Å². The Kier molecular flexibility index (Phi) is 11.9. The van der Waals surface area contributed by atoms with Crippen LogP contribution in [0.15, 0.2) is 46.0 Å². The number of hydrogen-bond donors (Lipinski definition) is 3. The van der Waals surface area contributed by atoms with Gasteiger partial charge in [-0.2, -0.15) is 24.4 Å². The van der Waals surface area contributed by atoms with Crippen LogP contribution in [0.3, 0.4) is 0 Å². The van der Waals surface area contributed by atoms with Gasteiger partial charge in [0.2, 0.25) is 0 Å². The van der Waals surface area contributed by atoms with Crippen LogP contribution in [0.2, 0.25) is 0 Å². The topological polar surface area (TPSA) is 163 Å². The summed E-state index contributed by atoms with van der Waals surface area (Å²) in [7, 11) is 0. The van der Waals surface area contributed by atoms with E-state index in [0.29, 0.717) is 57.2 Å². The maximum atomic E-state index is 14.4. The Labute approximate surface area is 381 Å². The Morgan fingerprint density at radius 2 is 1.17 bits per heavy atom. The Hall–Kier alpha value is -5.13. The largest absolute Gasteiger partial charge is 0.458 e. The first-order chi connectivity index (χ1) is 30.1. The number of thioether (sulfide) groups is 1. The van der Waals surface area contributed by atoms with Crippen molar-refractivity contribution in [1.82, 2.24) is 19.1 Å². The van der Waals surface area contributed by atoms with E-state index in [9.17, 15) is 38.2 Å². The second kappa shape index (κ2) is 16.7. The van der Waals surface area contributed by atoms with Crippen molar-refractivity contribution in [3.8, 4) is 22.8 Å². The highest BCUT2D eigenvalue weighted by molar-refractivity contribution is 7.99. The van der Waals surface area contributed by atoms with Crippen LogP contribution >= 0.6 is 36.0 Å². The molecule has 4 aromatic heterocycles. The number of aryl methyl sites for hydroxylation is 2. The molecule has 17 heteroatoms. The zero-order valence-corrected chi connectivity index (χ0v) is 37.1. The van der Waals surface area contributed by atoms with Gasteiger partial charge in [-0.3, -0.25) is 9.59 Å². The first kappa shape index (κ1) is 45.4. The predicted molar refractivity (Wildman–Crippen MR) is 245 cm³/mol. The molecule has 10 rings (SSSR count). The molecule has 8 heterocycles. The number of pyridine rings is 4.